The third kappa shape index (κ3) is 7.69. The molecule has 0 aliphatic heterocycles. The molecule has 0 radical (unpaired) electrons. The smallest absolute Gasteiger partial charge is 0.412 e. The van der Waals surface area contributed by atoms with Gasteiger partial charge in [-0.25, -0.2) is 9.59 Å². The lowest BCUT2D eigenvalue weighted by Gasteiger charge is -2.19. The van der Waals surface area contributed by atoms with Gasteiger partial charge >= 0.3 is 12.1 Å². The van der Waals surface area contributed by atoms with E-state index in [0.717, 1.165) is 6.42 Å². The Bertz CT molecular complexity index is 605. The average molecular weight is 350 g/mol. The van der Waals surface area contributed by atoms with Crippen LogP contribution in [0.4, 0.5) is 10.5 Å². The van der Waals surface area contributed by atoms with Crippen LogP contribution in [-0.4, -0.2) is 36.2 Å². The number of amides is 2. The molecule has 2 amide bonds. The first-order valence-corrected chi connectivity index (χ1v) is 8.21. The largest absolute Gasteiger partial charge is 0.449 e. The van der Waals surface area contributed by atoms with Gasteiger partial charge in [0.05, 0.1) is 5.56 Å². The highest BCUT2D eigenvalue weighted by Gasteiger charge is 2.19. The normalized spacial score (nSPS) is 12.0. The molecule has 0 aliphatic rings. The van der Waals surface area contributed by atoms with Crippen molar-refractivity contribution in [2.45, 2.75) is 52.7 Å². The van der Waals surface area contributed by atoms with Crippen LogP contribution in [0.5, 0.6) is 0 Å². The average Bonchev–Trinajstić information content (AvgIpc) is 2.51. The van der Waals surface area contributed by atoms with E-state index in [0.29, 0.717) is 12.2 Å². The summed E-state index contributed by atoms with van der Waals surface area (Å²) in [7, 11) is 0. The van der Waals surface area contributed by atoms with Crippen molar-refractivity contribution in [1.29, 1.82) is 0 Å². The van der Waals surface area contributed by atoms with Crippen LogP contribution >= 0.6 is 0 Å². The highest BCUT2D eigenvalue weighted by molar-refractivity contribution is 5.93. The Balaban J connectivity index is 2.59. The number of benzene rings is 1. The predicted molar refractivity (Wildman–Crippen MR) is 94.5 cm³/mol. The molecule has 138 valence electrons. The van der Waals surface area contributed by atoms with Gasteiger partial charge in [-0.2, -0.15) is 0 Å². The van der Waals surface area contributed by atoms with Crippen molar-refractivity contribution in [3.8, 4) is 0 Å². The van der Waals surface area contributed by atoms with Gasteiger partial charge in [0.1, 0.15) is 5.60 Å². The van der Waals surface area contributed by atoms with Gasteiger partial charge in [0.15, 0.2) is 6.10 Å². The van der Waals surface area contributed by atoms with Crippen LogP contribution in [0.15, 0.2) is 24.3 Å². The number of hydrogen-bond donors (Lipinski definition) is 2. The molecule has 0 bridgehead atoms. The van der Waals surface area contributed by atoms with Gasteiger partial charge in [0.25, 0.3) is 5.91 Å². The van der Waals surface area contributed by atoms with E-state index < -0.39 is 23.8 Å². The van der Waals surface area contributed by atoms with Crippen LogP contribution in [0.1, 0.15) is 51.4 Å². The van der Waals surface area contributed by atoms with Crippen molar-refractivity contribution in [3.63, 3.8) is 0 Å². The molecule has 2 N–H and O–H groups in total. The summed E-state index contributed by atoms with van der Waals surface area (Å²) in [6, 6.07) is 6.13. The van der Waals surface area contributed by atoms with E-state index in [1.165, 1.54) is 19.1 Å². The first kappa shape index (κ1) is 20.5. The fourth-order valence-corrected chi connectivity index (χ4v) is 1.79. The molecule has 0 fully saturated rings. The summed E-state index contributed by atoms with van der Waals surface area (Å²) in [5, 5.41) is 5.23. The molecule has 0 aliphatic carbocycles. The molecular formula is C18H26N2O5. The molecule has 25 heavy (non-hydrogen) atoms. The SMILES string of the molecule is CCCNC(=O)[C@@H](C)OC(=O)c1ccc(NC(=O)OC(C)(C)C)cc1. The standard InChI is InChI=1S/C18H26N2O5/c1-6-11-19-15(21)12(2)24-16(22)13-7-9-14(10-8-13)20-17(23)25-18(3,4)5/h7-10,12H,6,11H2,1-5H3,(H,19,21)(H,20,23)/t12-/m1/s1. The van der Waals surface area contributed by atoms with Crippen molar-refractivity contribution in [3.05, 3.63) is 29.8 Å². The quantitative estimate of drug-likeness (QED) is 0.769. The molecular weight excluding hydrogens is 324 g/mol. The zero-order valence-electron chi connectivity index (χ0n) is 15.3. The second-order valence-electron chi connectivity index (χ2n) is 6.54. The molecule has 0 unspecified atom stereocenters. The molecule has 1 aromatic rings. The summed E-state index contributed by atoms with van der Waals surface area (Å²) < 4.78 is 10.3. The second-order valence-corrected chi connectivity index (χ2v) is 6.54. The molecule has 0 heterocycles. The Hall–Kier alpha value is -2.57. The molecule has 1 rings (SSSR count). The van der Waals surface area contributed by atoms with Crippen molar-refractivity contribution < 1.29 is 23.9 Å². The van der Waals surface area contributed by atoms with Gasteiger partial charge in [-0.3, -0.25) is 10.1 Å². The highest BCUT2D eigenvalue weighted by atomic mass is 16.6. The van der Waals surface area contributed by atoms with Crippen LogP contribution in [-0.2, 0) is 14.3 Å². The van der Waals surface area contributed by atoms with E-state index in [4.69, 9.17) is 9.47 Å². The van der Waals surface area contributed by atoms with E-state index >= 15 is 0 Å². The fourth-order valence-electron chi connectivity index (χ4n) is 1.79. The lowest BCUT2D eigenvalue weighted by atomic mass is 10.2. The van der Waals surface area contributed by atoms with E-state index in [1.807, 2.05) is 6.92 Å². The summed E-state index contributed by atoms with van der Waals surface area (Å²) >= 11 is 0. The third-order valence-electron chi connectivity index (χ3n) is 2.97. The Labute approximate surface area is 148 Å². The molecule has 7 heteroatoms. The van der Waals surface area contributed by atoms with Crippen LogP contribution in [0, 0.1) is 0 Å². The van der Waals surface area contributed by atoms with Crippen molar-refractivity contribution in [1.82, 2.24) is 5.32 Å². The van der Waals surface area contributed by atoms with Crippen LogP contribution in [0.2, 0.25) is 0 Å². The monoisotopic (exact) mass is 350 g/mol. The van der Waals surface area contributed by atoms with Crippen molar-refractivity contribution in [2.24, 2.45) is 0 Å². The topological polar surface area (TPSA) is 93.7 Å². The van der Waals surface area contributed by atoms with E-state index in [-0.39, 0.29) is 11.5 Å². The lowest BCUT2D eigenvalue weighted by Crippen LogP contribution is -2.36. The predicted octanol–water partition coefficient (Wildman–Crippen LogP) is 3.11. The van der Waals surface area contributed by atoms with Gasteiger partial charge in [0, 0.05) is 12.2 Å². The maximum Gasteiger partial charge on any atom is 0.412 e. The minimum absolute atomic E-state index is 0.282. The van der Waals surface area contributed by atoms with Crippen LogP contribution in [0.3, 0.4) is 0 Å². The molecule has 0 saturated carbocycles. The Morgan fingerprint density at radius 1 is 1.12 bits per heavy atom. The van der Waals surface area contributed by atoms with Crippen LogP contribution in [0.25, 0.3) is 0 Å². The zero-order chi connectivity index (χ0) is 19.0. The fraction of sp³-hybridized carbons (Fsp3) is 0.500. The number of carbonyl (C=O) groups excluding carboxylic acids is 3. The number of nitrogens with one attached hydrogen (secondary N) is 2. The minimum Gasteiger partial charge on any atom is -0.449 e. The van der Waals surface area contributed by atoms with E-state index in [1.54, 1.807) is 32.9 Å². The van der Waals surface area contributed by atoms with Gasteiger partial charge in [0.2, 0.25) is 0 Å². The molecule has 7 nitrogen and oxygen atoms in total. The molecule has 1 aromatic carbocycles. The Morgan fingerprint density at radius 3 is 2.24 bits per heavy atom. The maximum absolute atomic E-state index is 12.0. The highest BCUT2D eigenvalue weighted by Crippen LogP contribution is 2.14. The van der Waals surface area contributed by atoms with Gasteiger partial charge < -0.3 is 14.8 Å². The Kier molecular flexibility index (Phi) is 7.42. The molecule has 0 spiro atoms. The number of ether oxygens (including phenoxy) is 2. The van der Waals surface area contributed by atoms with E-state index in [9.17, 15) is 14.4 Å². The van der Waals surface area contributed by atoms with Gasteiger partial charge in [-0.15, -0.1) is 0 Å². The van der Waals surface area contributed by atoms with Crippen LogP contribution < -0.4 is 10.6 Å². The molecule has 0 aromatic heterocycles. The number of anilines is 1. The minimum atomic E-state index is -0.876. The maximum atomic E-state index is 12.0. The summed E-state index contributed by atoms with van der Waals surface area (Å²) in [5.41, 5.74) is 0.173. The molecule has 0 saturated heterocycles. The summed E-state index contributed by atoms with van der Waals surface area (Å²) in [6.45, 7) is 9.29. The van der Waals surface area contributed by atoms with Gasteiger partial charge in [-0.05, 0) is 58.4 Å². The Morgan fingerprint density at radius 2 is 1.72 bits per heavy atom. The number of hydrogen-bond acceptors (Lipinski definition) is 5. The van der Waals surface area contributed by atoms with Gasteiger partial charge in [-0.1, -0.05) is 6.92 Å². The number of carbonyl (C=O) groups is 3. The zero-order valence-corrected chi connectivity index (χ0v) is 15.3. The summed E-state index contributed by atoms with van der Waals surface area (Å²) in [4.78, 5) is 35.4. The first-order chi connectivity index (χ1) is 11.6. The molecule has 1 atom stereocenters. The summed E-state index contributed by atoms with van der Waals surface area (Å²) in [6.07, 6.45) is -0.652. The first-order valence-electron chi connectivity index (χ1n) is 8.21. The second kappa shape index (κ2) is 9.05. The summed E-state index contributed by atoms with van der Waals surface area (Å²) in [5.74, 6) is -0.943. The van der Waals surface area contributed by atoms with E-state index in [2.05, 4.69) is 10.6 Å². The van der Waals surface area contributed by atoms with Crippen molar-refractivity contribution in [2.75, 3.05) is 11.9 Å². The number of esters is 1. The third-order valence-corrected chi connectivity index (χ3v) is 2.97. The lowest BCUT2D eigenvalue weighted by molar-refractivity contribution is -0.129. The van der Waals surface area contributed by atoms with Crippen molar-refractivity contribution >= 4 is 23.7 Å². The number of rotatable bonds is 6.